The molecule has 0 aliphatic carbocycles. The molecule has 0 atom stereocenters. The first-order chi connectivity index (χ1) is 11.4. The van der Waals surface area contributed by atoms with Gasteiger partial charge in [0, 0.05) is 12.3 Å². The molecule has 3 rings (SSSR count). The predicted octanol–water partition coefficient (Wildman–Crippen LogP) is 3.79. The largest absolute Gasteiger partial charge is 0.375 e. The molecule has 118 valence electrons. The first kappa shape index (κ1) is 15.8. The maximum Gasteiger partial charge on any atom is 0.191 e. The summed E-state index contributed by atoms with van der Waals surface area (Å²) in [5.41, 5.74) is 2.47. The predicted molar refractivity (Wildman–Crippen MR) is 92.1 cm³/mol. The van der Waals surface area contributed by atoms with Crippen molar-refractivity contribution in [3.05, 3.63) is 78.1 Å². The molecule has 0 aliphatic heterocycles. The molecule has 5 heteroatoms. The van der Waals surface area contributed by atoms with Gasteiger partial charge in [-0.1, -0.05) is 72.4 Å². The fourth-order valence-electron chi connectivity index (χ4n) is 2.16. The zero-order valence-corrected chi connectivity index (χ0v) is 13.7. The fraction of sp³-hybridized carbons (Fsp3) is 0.222. The van der Waals surface area contributed by atoms with Crippen molar-refractivity contribution in [2.75, 3.05) is 6.61 Å². The number of aromatic nitrogens is 3. The summed E-state index contributed by atoms with van der Waals surface area (Å²) in [4.78, 5) is 0. The lowest BCUT2D eigenvalue weighted by atomic mass is 10.2. The van der Waals surface area contributed by atoms with Crippen LogP contribution in [0, 0.1) is 0 Å². The molecular formula is C18H19N3OS. The highest BCUT2D eigenvalue weighted by molar-refractivity contribution is 7.98. The topological polar surface area (TPSA) is 39.9 Å². The molecule has 0 bridgehead atoms. The number of rotatable bonds is 8. The van der Waals surface area contributed by atoms with E-state index in [-0.39, 0.29) is 0 Å². The first-order valence-electron chi connectivity index (χ1n) is 7.58. The number of hydrogen-bond acceptors (Lipinski definition) is 4. The third kappa shape index (κ3) is 4.94. The minimum Gasteiger partial charge on any atom is -0.375 e. The van der Waals surface area contributed by atoms with Gasteiger partial charge in [-0.2, -0.15) is 0 Å². The summed E-state index contributed by atoms with van der Waals surface area (Å²) in [5, 5.41) is 9.12. The van der Waals surface area contributed by atoms with Crippen LogP contribution in [-0.2, 0) is 23.6 Å². The van der Waals surface area contributed by atoms with Gasteiger partial charge < -0.3 is 9.30 Å². The lowest BCUT2D eigenvalue weighted by molar-refractivity contribution is 0.111. The number of hydrogen-bond donors (Lipinski definition) is 0. The Balaban J connectivity index is 1.45. The van der Waals surface area contributed by atoms with Crippen LogP contribution in [0.5, 0.6) is 0 Å². The SMILES string of the molecule is c1ccc(COCCn2cnnc2SCc2ccccc2)cc1. The van der Waals surface area contributed by atoms with Crippen molar-refractivity contribution in [3.63, 3.8) is 0 Å². The van der Waals surface area contributed by atoms with E-state index in [9.17, 15) is 0 Å². The van der Waals surface area contributed by atoms with Gasteiger partial charge in [-0.25, -0.2) is 0 Å². The van der Waals surface area contributed by atoms with Gasteiger partial charge in [-0.05, 0) is 11.1 Å². The smallest absolute Gasteiger partial charge is 0.191 e. The number of thioether (sulfide) groups is 1. The number of ether oxygens (including phenoxy) is 1. The van der Waals surface area contributed by atoms with Gasteiger partial charge in [-0.15, -0.1) is 10.2 Å². The molecule has 4 nitrogen and oxygen atoms in total. The molecule has 0 radical (unpaired) electrons. The summed E-state index contributed by atoms with van der Waals surface area (Å²) in [6.07, 6.45) is 1.76. The Hall–Kier alpha value is -2.11. The van der Waals surface area contributed by atoms with Crippen LogP contribution >= 0.6 is 11.8 Å². The van der Waals surface area contributed by atoms with E-state index in [2.05, 4.69) is 46.6 Å². The van der Waals surface area contributed by atoms with Crippen molar-refractivity contribution in [2.45, 2.75) is 24.1 Å². The van der Waals surface area contributed by atoms with Crippen LogP contribution in [0.25, 0.3) is 0 Å². The molecule has 0 amide bonds. The molecule has 0 fully saturated rings. The lowest BCUT2D eigenvalue weighted by Gasteiger charge is -2.07. The Morgan fingerprint density at radius 1 is 0.913 bits per heavy atom. The van der Waals surface area contributed by atoms with Crippen LogP contribution in [-0.4, -0.2) is 21.4 Å². The summed E-state index contributed by atoms with van der Waals surface area (Å²) in [7, 11) is 0. The van der Waals surface area contributed by atoms with Gasteiger partial charge in [0.1, 0.15) is 6.33 Å². The first-order valence-corrected chi connectivity index (χ1v) is 8.56. The maximum absolute atomic E-state index is 5.73. The van der Waals surface area contributed by atoms with E-state index in [0.717, 1.165) is 17.5 Å². The van der Waals surface area contributed by atoms with Crippen LogP contribution < -0.4 is 0 Å². The van der Waals surface area contributed by atoms with Crippen molar-refractivity contribution >= 4 is 11.8 Å². The van der Waals surface area contributed by atoms with E-state index < -0.39 is 0 Å². The van der Waals surface area contributed by atoms with Gasteiger partial charge >= 0.3 is 0 Å². The van der Waals surface area contributed by atoms with Crippen LogP contribution in [0.1, 0.15) is 11.1 Å². The van der Waals surface area contributed by atoms with Gasteiger partial charge in [-0.3, -0.25) is 0 Å². The zero-order valence-electron chi connectivity index (χ0n) is 12.8. The summed E-state index contributed by atoms with van der Waals surface area (Å²) < 4.78 is 7.77. The molecule has 1 aromatic heterocycles. The van der Waals surface area contributed by atoms with Crippen molar-refractivity contribution in [2.24, 2.45) is 0 Å². The normalized spacial score (nSPS) is 10.8. The van der Waals surface area contributed by atoms with Gasteiger partial charge in [0.05, 0.1) is 13.2 Å². The Bertz CT molecular complexity index is 701. The van der Waals surface area contributed by atoms with E-state index in [1.54, 1.807) is 18.1 Å². The number of nitrogens with zero attached hydrogens (tertiary/aromatic N) is 3. The summed E-state index contributed by atoms with van der Waals surface area (Å²) in [6.45, 7) is 2.04. The quantitative estimate of drug-likeness (QED) is 0.467. The Labute approximate surface area is 140 Å². The molecule has 0 saturated heterocycles. The standard InChI is InChI=1S/C18H19N3OS/c1-3-7-16(8-4-1)13-22-12-11-21-15-19-20-18(21)23-14-17-9-5-2-6-10-17/h1-10,15H,11-14H2. The summed E-state index contributed by atoms with van der Waals surface area (Å²) >= 11 is 1.70. The highest BCUT2D eigenvalue weighted by Gasteiger charge is 2.05. The fourth-order valence-corrected chi connectivity index (χ4v) is 3.06. The Morgan fingerprint density at radius 2 is 1.61 bits per heavy atom. The summed E-state index contributed by atoms with van der Waals surface area (Å²) in [5.74, 6) is 0.893. The van der Waals surface area contributed by atoms with Crippen LogP contribution in [0.15, 0.2) is 72.1 Å². The second-order valence-electron chi connectivity index (χ2n) is 5.12. The van der Waals surface area contributed by atoms with E-state index in [4.69, 9.17) is 4.74 Å². The molecule has 23 heavy (non-hydrogen) atoms. The number of benzene rings is 2. The van der Waals surface area contributed by atoms with E-state index in [0.29, 0.717) is 13.2 Å². The molecule has 0 unspecified atom stereocenters. The molecule has 2 aromatic carbocycles. The molecule has 1 heterocycles. The second-order valence-corrected chi connectivity index (χ2v) is 6.06. The monoisotopic (exact) mass is 325 g/mol. The van der Waals surface area contributed by atoms with E-state index in [1.807, 2.05) is 28.8 Å². The minimum atomic E-state index is 0.634. The molecule has 3 aromatic rings. The average Bonchev–Trinajstić information content (AvgIpc) is 3.06. The zero-order chi connectivity index (χ0) is 15.7. The lowest BCUT2D eigenvalue weighted by Crippen LogP contribution is -2.06. The molecule has 0 saturated carbocycles. The third-order valence-electron chi connectivity index (χ3n) is 3.38. The van der Waals surface area contributed by atoms with E-state index >= 15 is 0 Å². The molecular weight excluding hydrogens is 306 g/mol. The Morgan fingerprint density at radius 3 is 2.35 bits per heavy atom. The highest BCUT2D eigenvalue weighted by Crippen LogP contribution is 2.20. The van der Waals surface area contributed by atoms with Crippen molar-refractivity contribution in [1.82, 2.24) is 14.8 Å². The van der Waals surface area contributed by atoms with Crippen LogP contribution in [0.3, 0.4) is 0 Å². The van der Waals surface area contributed by atoms with Gasteiger partial charge in [0.15, 0.2) is 5.16 Å². The molecule has 0 aliphatic rings. The van der Waals surface area contributed by atoms with Crippen molar-refractivity contribution in [3.8, 4) is 0 Å². The van der Waals surface area contributed by atoms with Gasteiger partial charge in [0.2, 0.25) is 0 Å². The van der Waals surface area contributed by atoms with Crippen molar-refractivity contribution in [1.29, 1.82) is 0 Å². The highest BCUT2D eigenvalue weighted by atomic mass is 32.2. The van der Waals surface area contributed by atoms with Crippen LogP contribution in [0.4, 0.5) is 0 Å². The second kappa shape index (κ2) is 8.50. The van der Waals surface area contributed by atoms with Gasteiger partial charge in [0.25, 0.3) is 0 Å². The molecule has 0 spiro atoms. The van der Waals surface area contributed by atoms with Crippen LogP contribution in [0.2, 0.25) is 0 Å². The van der Waals surface area contributed by atoms with E-state index in [1.165, 1.54) is 11.1 Å². The minimum absolute atomic E-state index is 0.634. The van der Waals surface area contributed by atoms with Crippen molar-refractivity contribution < 1.29 is 4.74 Å². The summed E-state index contributed by atoms with van der Waals surface area (Å²) in [6, 6.07) is 20.6. The maximum atomic E-state index is 5.73. The average molecular weight is 325 g/mol. The molecule has 0 N–H and O–H groups in total. The Kier molecular flexibility index (Phi) is 5.83. The third-order valence-corrected chi connectivity index (χ3v) is 4.43.